The molecule has 0 bridgehead atoms. The molecule has 9 heteroatoms. The SMILES string of the molecule is C=CCOc1ccccc1CN(C(=O)c1cccc(S(=O)(=O)N(C)C)c1)c1ccc2c(c1)OCO2. The molecular weight excluding hydrogens is 468 g/mol. The summed E-state index contributed by atoms with van der Waals surface area (Å²) in [5, 5.41) is 0. The van der Waals surface area contributed by atoms with Crippen LogP contribution in [-0.4, -0.2) is 46.1 Å². The quantitative estimate of drug-likeness (QED) is 0.417. The van der Waals surface area contributed by atoms with Crippen LogP contribution in [0, 0.1) is 0 Å². The van der Waals surface area contributed by atoms with Crippen molar-refractivity contribution in [1.82, 2.24) is 4.31 Å². The summed E-state index contributed by atoms with van der Waals surface area (Å²) in [6, 6.07) is 18.7. The Morgan fingerprint density at radius 3 is 2.57 bits per heavy atom. The number of anilines is 1. The summed E-state index contributed by atoms with van der Waals surface area (Å²) in [6.07, 6.45) is 1.65. The average Bonchev–Trinajstić information content (AvgIpc) is 3.34. The average molecular weight is 495 g/mol. The zero-order valence-electron chi connectivity index (χ0n) is 19.5. The number of rotatable bonds is 9. The molecule has 0 saturated carbocycles. The Morgan fingerprint density at radius 2 is 1.80 bits per heavy atom. The van der Waals surface area contributed by atoms with Crippen molar-refractivity contribution < 1.29 is 27.4 Å². The Morgan fingerprint density at radius 1 is 1.03 bits per heavy atom. The number of fused-ring (bicyclic) bond motifs is 1. The van der Waals surface area contributed by atoms with Crippen LogP contribution in [-0.2, 0) is 16.6 Å². The van der Waals surface area contributed by atoms with E-state index in [1.165, 1.54) is 26.2 Å². The standard InChI is InChI=1S/C26H26N2O6S/c1-4-14-32-23-11-6-5-8-20(23)17-28(21-12-13-24-25(16-21)34-18-33-24)26(29)19-9-7-10-22(15-19)35(30,31)27(2)3/h4-13,15-16H,1,14,17-18H2,2-3H3. The van der Waals surface area contributed by atoms with E-state index >= 15 is 0 Å². The largest absolute Gasteiger partial charge is 0.489 e. The lowest BCUT2D eigenvalue weighted by atomic mass is 10.1. The van der Waals surface area contributed by atoms with E-state index in [-0.39, 0.29) is 29.7 Å². The number of amides is 1. The summed E-state index contributed by atoms with van der Waals surface area (Å²) >= 11 is 0. The zero-order valence-corrected chi connectivity index (χ0v) is 20.3. The molecule has 1 aliphatic heterocycles. The smallest absolute Gasteiger partial charge is 0.258 e. The molecule has 0 aromatic heterocycles. The molecule has 0 fully saturated rings. The zero-order chi connectivity index (χ0) is 25.0. The van der Waals surface area contributed by atoms with Gasteiger partial charge in [-0.2, -0.15) is 0 Å². The highest BCUT2D eigenvalue weighted by atomic mass is 32.2. The van der Waals surface area contributed by atoms with Crippen LogP contribution < -0.4 is 19.1 Å². The van der Waals surface area contributed by atoms with Crippen LogP contribution in [0.25, 0.3) is 0 Å². The fourth-order valence-corrected chi connectivity index (χ4v) is 4.53. The van der Waals surface area contributed by atoms with Gasteiger partial charge in [0.2, 0.25) is 16.8 Å². The molecule has 0 spiro atoms. The predicted octanol–water partition coefficient (Wildman–Crippen LogP) is 4.08. The first-order valence-electron chi connectivity index (χ1n) is 10.9. The highest BCUT2D eigenvalue weighted by Crippen LogP contribution is 2.37. The van der Waals surface area contributed by atoms with Crippen molar-refractivity contribution in [2.45, 2.75) is 11.4 Å². The van der Waals surface area contributed by atoms with E-state index in [4.69, 9.17) is 14.2 Å². The maximum atomic E-state index is 13.8. The summed E-state index contributed by atoms with van der Waals surface area (Å²) in [5.41, 5.74) is 1.58. The minimum Gasteiger partial charge on any atom is -0.489 e. The molecule has 1 amide bonds. The number of carbonyl (C=O) groups excluding carboxylic acids is 1. The molecule has 4 rings (SSSR count). The number of hydrogen-bond donors (Lipinski definition) is 0. The van der Waals surface area contributed by atoms with Gasteiger partial charge in [-0.3, -0.25) is 4.79 Å². The number of nitrogens with zero attached hydrogens (tertiary/aromatic N) is 2. The van der Waals surface area contributed by atoms with E-state index in [0.717, 1.165) is 9.87 Å². The summed E-state index contributed by atoms with van der Waals surface area (Å²) < 4.78 is 43.1. The van der Waals surface area contributed by atoms with Crippen LogP contribution in [0.15, 0.2) is 84.3 Å². The first-order valence-corrected chi connectivity index (χ1v) is 12.3. The van der Waals surface area contributed by atoms with E-state index in [0.29, 0.717) is 29.5 Å². The van der Waals surface area contributed by atoms with Crippen molar-refractivity contribution in [2.75, 3.05) is 32.4 Å². The van der Waals surface area contributed by atoms with E-state index in [1.54, 1.807) is 41.3 Å². The first kappa shape index (κ1) is 24.3. The Kier molecular flexibility index (Phi) is 7.09. The van der Waals surface area contributed by atoms with Crippen molar-refractivity contribution in [1.29, 1.82) is 0 Å². The summed E-state index contributed by atoms with van der Waals surface area (Å²) in [7, 11) is -0.816. The number of hydrogen-bond acceptors (Lipinski definition) is 6. The highest BCUT2D eigenvalue weighted by Gasteiger charge is 2.25. The number of para-hydroxylation sites is 1. The molecule has 1 heterocycles. The van der Waals surface area contributed by atoms with Crippen LogP contribution >= 0.6 is 0 Å². The van der Waals surface area contributed by atoms with Gasteiger partial charge in [0.25, 0.3) is 5.91 Å². The summed E-state index contributed by atoms with van der Waals surface area (Å²) in [4.78, 5) is 15.4. The maximum Gasteiger partial charge on any atom is 0.258 e. The van der Waals surface area contributed by atoms with Crippen molar-refractivity contribution in [3.8, 4) is 17.2 Å². The lowest BCUT2D eigenvalue weighted by Crippen LogP contribution is -2.31. The van der Waals surface area contributed by atoms with Gasteiger partial charge in [0, 0.05) is 37.0 Å². The molecule has 8 nitrogen and oxygen atoms in total. The molecule has 182 valence electrons. The minimum absolute atomic E-state index is 0.0358. The third-order valence-electron chi connectivity index (χ3n) is 5.43. The second-order valence-electron chi connectivity index (χ2n) is 7.95. The van der Waals surface area contributed by atoms with Crippen LogP contribution in [0.1, 0.15) is 15.9 Å². The number of ether oxygens (including phenoxy) is 3. The predicted molar refractivity (Wildman–Crippen MR) is 133 cm³/mol. The summed E-state index contributed by atoms with van der Waals surface area (Å²) in [6.45, 7) is 4.29. The van der Waals surface area contributed by atoms with E-state index in [2.05, 4.69) is 6.58 Å². The molecule has 0 atom stereocenters. The second kappa shape index (κ2) is 10.2. The Labute approximate surface area is 205 Å². The van der Waals surface area contributed by atoms with E-state index in [1.807, 2.05) is 24.3 Å². The maximum absolute atomic E-state index is 13.8. The molecule has 0 radical (unpaired) electrons. The molecule has 1 aliphatic rings. The van der Waals surface area contributed by atoms with Crippen molar-refractivity contribution in [3.05, 3.63) is 90.5 Å². The number of benzene rings is 3. The fraction of sp³-hybridized carbons (Fsp3) is 0.192. The van der Waals surface area contributed by atoms with Gasteiger partial charge in [-0.05, 0) is 36.4 Å². The topological polar surface area (TPSA) is 85.4 Å². The van der Waals surface area contributed by atoms with Crippen molar-refractivity contribution in [3.63, 3.8) is 0 Å². The van der Waals surface area contributed by atoms with Crippen LogP contribution in [0.2, 0.25) is 0 Å². The number of sulfonamides is 1. The van der Waals surface area contributed by atoms with Gasteiger partial charge in [0.05, 0.1) is 11.4 Å². The third-order valence-corrected chi connectivity index (χ3v) is 7.24. The third kappa shape index (κ3) is 5.16. The van der Waals surface area contributed by atoms with Crippen LogP contribution in [0.3, 0.4) is 0 Å². The fourth-order valence-electron chi connectivity index (χ4n) is 3.58. The molecule has 35 heavy (non-hydrogen) atoms. The van der Waals surface area contributed by atoms with Crippen molar-refractivity contribution >= 4 is 21.6 Å². The Hall–Kier alpha value is -3.82. The number of carbonyl (C=O) groups is 1. The first-order chi connectivity index (χ1) is 16.8. The molecule has 3 aromatic carbocycles. The summed E-state index contributed by atoms with van der Waals surface area (Å²) in [5.74, 6) is 1.36. The van der Waals surface area contributed by atoms with Gasteiger partial charge in [0.1, 0.15) is 12.4 Å². The minimum atomic E-state index is -3.71. The lowest BCUT2D eigenvalue weighted by Gasteiger charge is -2.25. The van der Waals surface area contributed by atoms with Crippen LogP contribution in [0.5, 0.6) is 17.2 Å². The monoisotopic (exact) mass is 494 g/mol. The van der Waals surface area contributed by atoms with E-state index in [9.17, 15) is 13.2 Å². The molecular formula is C26H26N2O6S. The van der Waals surface area contributed by atoms with Crippen molar-refractivity contribution in [2.24, 2.45) is 0 Å². The Bertz CT molecular complexity index is 1350. The van der Waals surface area contributed by atoms with Gasteiger partial charge < -0.3 is 19.1 Å². The van der Waals surface area contributed by atoms with E-state index < -0.39 is 10.0 Å². The van der Waals surface area contributed by atoms with Gasteiger partial charge in [-0.1, -0.05) is 36.9 Å². The van der Waals surface area contributed by atoms with Gasteiger partial charge in [-0.25, -0.2) is 12.7 Å². The lowest BCUT2D eigenvalue weighted by molar-refractivity contribution is 0.0984. The van der Waals surface area contributed by atoms with Gasteiger partial charge in [-0.15, -0.1) is 0 Å². The molecule has 0 unspecified atom stereocenters. The molecule has 0 N–H and O–H groups in total. The van der Waals surface area contributed by atoms with Gasteiger partial charge in [0.15, 0.2) is 11.5 Å². The molecule has 0 saturated heterocycles. The Balaban J connectivity index is 1.76. The normalized spacial score (nSPS) is 12.4. The van der Waals surface area contributed by atoms with Gasteiger partial charge >= 0.3 is 0 Å². The highest BCUT2D eigenvalue weighted by molar-refractivity contribution is 7.89. The molecule has 0 aliphatic carbocycles. The van der Waals surface area contributed by atoms with Crippen LogP contribution in [0.4, 0.5) is 5.69 Å². The second-order valence-corrected chi connectivity index (χ2v) is 10.1. The molecule has 3 aromatic rings.